The highest BCUT2D eigenvalue weighted by Gasteiger charge is 2.09. The standard InChI is InChI=1S/C16H13F2NO4/c17-11-3-1-5-13(7-11)19-15(20)9-23-16(21)10-22-14-6-2-4-12(18)8-14/h1-8H,9-10H2,(H,19,20). The lowest BCUT2D eigenvalue weighted by Crippen LogP contribution is -2.23. The van der Waals surface area contributed by atoms with Crippen LogP contribution in [0.25, 0.3) is 0 Å². The number of hydrogen-bond donors (Lipinski definition) is 1. The summed E-state index contributed by atoms with van der Waals surface area (Å²) < 4.78 is 35.6. The molecule has 0 aliphatic rings. The van der Waals surface area contributed by atoms with Crippen LogP contribution < -0.4 is 10.1 Å². The number of carbonyl (C=O) groups excluding carboxylic acids is 2. The Morgan fingerprint density at radius 1 is 0.957 bits per heavy atom. The van der Waals surface area contributed by atoms with Crippen molar-refractivity contribution in [1.82, 2.24) is 0 Å². The van der Waals surface area contributed by atoms with E-state index >= 15 is 0 Å². The molecule has 0 fully saturated rings. The molecule has 0 radical (unpaired) electrons. The highest BCUT2D eigenvalue weighted by atomic mass is 19.1. The summed E-state index contributed by atoms with van der Waals surface area (Å²) in [4.78, 5) is 23.0. The van der Waals surface area contributed by atoms with Crippen LogP contribution in [-0.4, -0.2) is 25.1 Å². The number of benzene rings is 2. The zero-order valence-corrected chi connectivity index (χ0v) is 11.9. The van der Waals surface area contributed by atoms with E-state index in [0.29, 0.717) is 0 Å². The lowest BCUT2D eigenvalue weighted by Gasteiger charge is -2.08. The number of halogens is 2. The molecule has 2 rings (SSSR count). The molecule has 1 amide bonds. The predicted molar refractivity (Wildman–Crippen MR) is 77.9 cm³/mol. The zero-order valence-electron chi connectivity index (χ0n) is 11.9. The van der Waals surface area contributed by atoms with E-state index in [1.165, 1.54) is 36.4 Å². The average Bonchev–Trinajstić information content (AvgIpc) is 2.51. The number of hydrogen-bond acceptors (Lipinski definition) is 4. The normalized spacial score (nSPS) is 10.0. The Labute approximate surface area is 130 Å². The number of carbonyl (C=O) groups is 2. The number of ether oxygens (including phenoxy) is 2. The summed E-state index contributed by atoms with van der Waals surface area (Å²) in [6.45, 7) is -1.00. The fraction of sp³-hybridized carbons (Fsp3) is 0.125. The maximum Gasteiger partial charge on any atom is 0.344 e. The summed E-state index contributed by atoms with van der Waals surface area (Å²) in [7, 11) is 0. The van der Waals surface area contributed by atoms with E-state index < -0.39 is 36.7 Å². The largest absolute Gasteiger partial charge is 0.482 e. The maximum atomic E-state index is 12.9. The van der Waals surface area contributed by atoms with Gasteiger partial charge in [-0.3, -0.25) is 4.79 Å². The van der Waals surface area contributed by atoms with Gasteiger partial charge in [-0.05, 0) is 30.3 Å². The molecular weight excluding hydrogens is 308 g/mol. The molecule has 0 saturated heterocycles. The predicted octanol–water partition coefficient (Wildman–Crippen LogP) is 2.53. The Hall–Kier alpha value is -2.96. The number of esters is 1. The second kappa shape index (κ2) is 7.88. The molecule has 5 nitrogen and oxygen atoms in total. The summed E-state index contributed by atoms with van der Waals surface area (Å²) in [5, 5.41) is 2.37. The average molecular weight is 321 g/mol. The van der Waals surface area contributed by atoms with Crippen LogP contribution >= 0.6 is 0 Å². The number of rotatable bonds is 6. The van der Waals surface area contributed by atoms with Gasteiger partial charge in [-0.1, -0.05) is 12.1 Å². The highest BCUT2D eigenvalue weighted by Crippen LogP contribution is 2.12. The van der Waals surface area contributed by atoms with Crippen LogP contribution in [-0.2, 0) is 14.3 Å². The van der Waals surface area contributed by atoms with E-state index in [1.54, 1.807) is 0 Å². The molecule has 0 atom stereocenters. The Morgan fingerprint density at radius 3 is 2.35 bits per heavy atom. The van der Waals surface area contributed by atoms with Crippen LogP contribution in [0, 0.1) is 11.6 Å². The second-order valence-electron chi connectivity index (χ2n) is 4.47. The minimum atomic E-state index is -0.788. The van der Waals surface area contributed by atoms with Gasteiger partial charge < -0.3 is 14.8 Å². The summed E-state index contributed by atoms with van der Waals surface area (Å²) in [6, 6.07) is 10.6. The number of amides is 1. The van der Waals surface area contributed by atoms with Gasteiger partial charge in [-0.25, -0.2) is 13.6 Å². The van der Waals surface area contributed by atoms with E-state index in [2.05, 4.69) is 5.32 Å². The highest BCUT2D eigenvalue weighted by molar-refractivity contribution is 5.92. The molecule has 1 N–H and O–H groups in total. The van der Waals surface area contributed by atoms with Gasteiger partial charge in [0.25, 0.3) is 5.91 Å². The van der Waals surface area contributed by atoms with Crippen LogP contribution in [0.5, 0.6) is 5.75 Å². The molecule has 2 aromatic carbocycles. The van der Waals surface area contributed by atoms with Gasteiger partial charge >= 0.3 is 5.97 Å². The molecular formula is C16H13F2NO4. The Balaban J connectivity index is 1.72. The minimum Gasteiger partial charge on any atom is -0.482 e. The molecule has 7 heteroatoms. The molecule has 120 valence electrons. The van der Waals surface area contributed by atoms with E-state index in [9.17, 15) is 18.4 Å². The van der Waals surface area contributed by atoms with Gasteiger partial charge in [0.05, 0.1) is 0 Å². The summed E-state index contributed by atoms with van der Waals surface area (Å²) >= 11 is 0. The SMILES string of the molecule is O=C(COC(=O)COc1cccc(F)c1)Nc1cccc(F)c1. The van der Waals surface area contributed by atoms with Crippen LogP contribution in [0.4, 0.5) is 14.5 Å². The molecule has 0 heterocycles. The molecule has 23 heavy (non-hydrogen) atoms. The third-order valence-electron chi connectivity index (χ3n) is 2.63. The third kappa shape index (κ3) is 5.74. The van der Waals surface area contributed by atoms with Crippen LogP contribution in [0.1, 0.15) is 0 Å². The molecule has 2 aromatic rings. The van der Waals surface area contributed by atoms with Crippen molar-refractivity contribution in [2.24, 2.45) is 0 Å². The lowest BCUT2D eigenvalue weighted by molar-refractivity contribution is -0.149. The smallest absolute Gasteiger partial charge is 0.344 e. The molecule has 0 bridgehead atoms. The van der Waals surface area contributed by atoms with Gasteiger partial charge in [0.2, 0.25) is 0 Å². The van der Waals surface area contributed by atoms with Crippen LogP contribution in [0.2, 0.25) is 0 Å². The Morgan fingerprint density at radius 2 is 1.65 bits per heavy atom. The van der Waals surface area contributed by atoms with Gasteiger partial charge in [-0.2, -0.15) is 0 Å². The van der Waals surface area contributed by atoms with Crippen LogP contribution in [0.15, 0.2) is 48.5 Å². The van der Waals surface area contributed by atoms with Crippen molar-refractivity contribution in [2.45, 2.75) is 0 Å². The van der Waals surface area contributed by atoms with E-state index in [1.807, 2.05) is 0 Å². The van der Waals surface area contributed by atoms with Crippen molar-refractivity contribution in [3.63, 3.8) is 0 Å². The third-order valence-corrected chi connectivity index (χ3v) is 2.63. The summed E-state index contributed by atoms with van der Waals surface area (Å²) in [6.07, 6.45) is 0. The van der Waals surface area contributed by atoms with Gasteiger partial charge in [0.1, 0.15) is 17.4 Å². The van der Waals surface area contributed by atoms with Crippen molar-refractivity contribution in [1.29, 1.82) is 0 Å². The zero-order chi connectivity index (χ0) is 16.7. The van der Waals surface area contributed by atoms with Gasteiger partial charge in [-0.15, -0.1) is 0 Å². The monoisotopic (exact) mass is 321 g/mol. The van der Waals surface area contributed by atoms with Crippen molar-refractivity contribution in [3.05, 3.63) is 60.2 Å². The van der Waals surface area contributed by atoms with Gasteiger partial charge in [0.15, 0.2) is 13.2 Å². The van der Waals surface area contributed by atoms with Crippen LogP contribution in [0.3, 0.4) is 0 Å². The number of nitrogens with one attached hydrogen (secondary N) is 1. The van der Waals surface area contributed by atoms with E-state index in [-0.39, 0.29) is 11.4 Å². The Kier molecular flexibility index (Phi) is 5.62. The first-order valence-corrected chi connectivity index (χ1v) is 6.62. The fourth-order valence-corrected chi connectivity index (χ4v) is 1.65. The van der Waals surface area contributed by atoms with E-state index in [0.717, 1.165) is 12.1 Å². The van der Waals surface area contributed by atoms with Gasteiger partial charge in [0, 0.05) is 11.8 Å². The molecule has 0 saturated carbocycles. The van der Waals surface area contributed by atoms with Crippen molar-refractivity contribution >= 4 is 17.6 Å². The maximum absolute atomic E-state index is 12.9. The second-order valence-corrected chi connectivity index (χ2v) is 4.47. The minimum absolute atomic E-state index is 0.172. The first-order chi connectivity index (χ1) is 11.0. The summed E-state index contributed by atoms with van der Waals surface area (Å²) in [5.41, 5.74) is 0.252. The molecule has 0 aliphatic carbocycles. The van der Waals surface area contributed by atoms with E-state index in [4.69, 9.17) is 9.47 Å². The quantitative estimate of drug-likeness (QED) is 0.831. The first-order valence-electron chi connectivity index (χ1n) is 6.62. The molecule has 0 spiro atoms. The first kappa shape index (κ1) is 16.4. The summed E-state index contributed by atoms with van der Waals surface area (Å²) in [5.74, 6) is -2.22. The lowest BCUT2D eigenvalue weighted by atomic mass is 10.3. The van der Waals surface area contributed by atoms with Crippen molar-refractivity contribution < 1.29 is 27.8 Å². The van der Waals surface area contributed by atoms with Crippen molar-refractivity contribution in [3.8, 4) is 5.75 Å². The van der Waals surface area contributed by atoms with Crippen molar-refractivity contribution in [2.75, 3.05) is 18.5 Å². The fourth-order valence-electron chi connectivity index (χ4n) is 1.65. The topological polar surface area (TPSA) is 64.6 Å². The molecule has 0 aliphatic heterocycles. The Bertz CT molecular complexity index is 706. The molecule has 0 unspecified atom stereocenters. The molecule has 0 aromatic heterocycles. The number of anilines is 1.